The van der Waals surface area contributed by atoms with Crippen LogP contribution < -0.4 is 26.2 Å². The fourth-order valence-corrected chi connectivity index (χ4v) is 5.40. The van der Waals surface area contributed by atoms with Crippen LogP contribution in [0.5, 0.6) is 0 Å². The number of anilines is 3. The number of carbonyl (C=O) groups is 4. The third-order valence-corrected chi connectivity index (χ3v) is 7.94. The molecule has 0 aromatic carbocycles. The number of carbonyl (C=O) groups excluding carboxylic acids is 4. The summed E-state index contributed by atoms with van der Waals surface area (Å²) in [5.41, 5.74) is 2.16. The average Bonchev–Trinajstić information content (AvgIpc) is 3.67. The molecule has 4 heterocycles. The second-order valence-corrected chi connectivity index (χ2v) is 12.0. The molecule has 44 heavy (non-hydrogen) atoms. The molecule has 4 rings (SSSR count). The maximum Gasteiger partial charge on any atom is 0.274 e. The number of amides is 4. The number of aryl methyl sites for hydroxylation is 2. The molecular weight excluding hydrogens is 582 g/mol. The number of rotatable bonds is 12. The summed E-state index contributed by atoms with van der Waals surface area (Å²) >= 11 is 1.27. The van der Waals surface area contributed by atoms with E-state index in [-0.39, 0.29) is 23.4 Å². The zero-order valence-electron chi connectivity index (χ0n) is 25.6. The Labute approximate surface area is 259 Å². The fourth-order valence-electron chi connectivity index (χ4n) is 4.44. The van der Waals surface area contributed by atoms with Crippen molar-refractivity contribution in [2.75, 3.05) is 43.1 Å². The molecule has 0 fully saturated rings. The standard InChI is InChI=1S/C30H37N9O4S/c1-18(2)25-24(29(43)32-11-8-12-37(3)4)35-30(44-25)36-28(42)23-14-21(17-39(23)6)34-27(41)22-13-20(16-38(22)5)33-26(40)19-9-7-10-31-15-19/h7,9-10,13-18H,8,11-12H2,1-6H3,(H,32,43)(H,33,40)(H,34,41)(H,35,36,42)/p+1. The lowest BCUT2D eigenvalue weighted by Crippen LogP contribution is -3.05. The Morgan fingerprint density at radius 3 is 2.09 bits per heavy atom. The Morgan fingerprint density at radius 1 is 0.909 bits per heavy atom. The lowest BCUT2D eigenvalue weighted by molar-refractivity contribution is -0.858. The molecule has 0 aliphatic heterocycles. The van der Waals surface area contributed by atoms with Gasteiger partial charge in [0.1, 0.15) is 17.1 Å². The molecule has 0 aliphatic rings. The number of quaternary nitrogens is 1. The molecule has 14 heteroatoms. The summed E-state index contributed by atoms with van der Waals surface area (Å²) in [7, 11) is 7.50. The molecule has 0 unspecified atom stereocenters. The van der Waals surface area contributed by atoms with E-state index in [1.807, 2.05) is 13.8 Å². The van der Waals surface area contributed by atoms with Gasteiger partial charge >= 0.3 is 0 Å². The Morgan fingerprint density at radius 2 is 1.52 bits per heavy atom. The van der Waals surface area contributed by atoms with Crippen molar-refractivity contribution in [3.8, 4) is 0 Å². The van der Waals surface area contributed by atoms with E-state index in [1.54, 1.807) is 66.1 Å². The van der Waals surface area contributed by atoms with E-state index < -0.39 is 11.8 Å². The largest absolute Gasteiger partial charge is 0.350 e. The van der Waals surface area contributed by atoms with Gasteiger partial charge in [0, 0.05) is 56.7 Å². The third-order valence-electron chi connectivity index (χ3n) is 6.67. The molecule has 4 aromatic rings. The van der Waals surface area contributed by atoms with Gasteiger partial charge in [0.25, 0.3) is 23.6 Å². The van der Waals surface area contributed by atoms with Crippen LogP contribution in [0.3, 0.4) is 0 Å². The highest BCUT2D eigenvalue weighted by Gasteiger charge is 2.23. The summed E-state index contributed by atoms with van der Waals surface area (Å²) < 4.78 is 3.18. The van der Waals surface area contributed by atoms with Crippen LogP contribution in [0.25, 0.3) is 0 Å². The van der Waals surface area contributed by atoms with Crippen LogP contribution >= 0.6 is 11.3 Å². The summed E-state index contributed by atoms with van der Waals surface area (Å²) in [6.45, 7) is 5.43. The Kier molecular flexibility index (Phi) is 10.3. The van der Waals surface area contributed by atoms with Crippen LogP contribution in [0.1, 0.15) is 72.9 Å². The number of pyridine rings is 1. The number of aromatic nitrogens is 4. The minimum Gasteiger partial charge on any atom is -0.350 e. The molecule has 5 N–H and O–H groups in total. The van der Waals surface area contributed by atoms with Gasteiger partial charge < -0.3 is 30.0 Å². The highest BCUT2D eigenvalue weighted by molar-refractivity contribution is 7.16. The highest BCUT2D eigenvalue weighted by Crippen LogP contribution is 2.30. The first-order valence-corrected chi connectivity index (χ1v) is 15.0. The molecule has 0 aliphatic carbocycles. The quantitative estimate of drug-likeness (QED) is 0.153. The predicted octanol–water partition coefficient (Wildman–Crippen LogP) is 2.36. The topological polar surface area (TPSA) is 156 Å². The van der Waals surface area contributed by atoms with Gasteiger partial charge in [-0.15, -0.1) is 11.3 Å². The Hall–Kier alpha value is -4.82. The van der Waals surface area contributed by atoms with Crippen molar-refractivity contribution in [2.24, 2.45) is 14.1 Å². The van der Waals surface area contributed by atoms with Crippen LogP contribution in [0.15, 0.2) is 49.1 Å². The van der Waals surface area contributed by atoms with Crippen LogP contribution in [-0.4, -0.2) is 69.9 Å². The van der Waals surface area contributed by atoms with Gasteiger partial charge in [0.05, 0.1) is 37.6 Å². The lowest BCUT2D eigenvalue weighted by Gasteiger charge is -2.08. The molecule has 0 spiro atoms. The van der Waals surface area contributed by atoms with Crippen molar-refractivity contribution < 1.29 is 24.1 Å². The molecule has 0 atom stereocenters. The molecule has 0 radical (unpaired) electrons. The summed E-state index contributed by atoms with van der Waals surface area (Å²) in [6, 6.07) is 6.42. The average molecular weight is 621 g/mol. The van der Waals surface area contributed by atoms with Crippen LogP contribution in [-0.2, 0) is 14.1 Å². The highest BCUT2D eigenvalue weighted by atomic mass is 32.1. The molecular formula is C30H38N9O4S+. The molecule has 232 valence electrons. The number of hydrogen-bond acceptors (Lipinski definition) is 7. The van der Waals surface area contributed by atoms with E-state index in [0.29, 0.717) is 40.0 Å². The first-order valence-electron chi connectivity index (χ1n) is 14.2. The van der Waals surface area contributed by atoms with E-state index >= 15 is 0 Å². The van der Waals surface area contributed by atoms with Gasteiger partial charge in [-0.2, -0.15) is 0 Å². The van der Waals surface area contributed by atoms with E-state index in [1.165, 1.54) is 22.4 Å². The SMILES string of the molecule is CC(C)c1sc(NC(=O)c2cc(NC(=O)c3cc(NC(=O)c4cccnc4)cn3C)cn2C)nc1C(=O)NCCC[NH+](C)C. The summed E-state index contributed by atoms with van der Waals surface area (Å²) in [6.07, 6.45) is 7.13. The van der Waals surface area contributed by atoms with Gasteiger partial charge in [0.2, 0.25) is 0 Å². The van der Waals surface area contributed by atoms with Crippen LogP contribution in [0.2, 0.25) is 0 Å². The van der Waals surface area contributed by atoms with Gasteiger partial charge in [0.15, 0.2) is 5.13 Å². The van der Waals surface area contributed by atoms with Gasteiger partial charge in [-0.1, -0.05) is 13.8 Å². The van der Waals surface area contributed by atoms with Crippen LogP contribution in [0, 0.1) is 0 Å². The minimum atomic E-state index is -0.433. The van der Waals surface area contributed by atoms with Crippen molar-refractivity contribution in [3.05, 3.63) is 76.6 Å². The van der Waals surface area contributed by atoms with Crippen molar-refractivity contribution in [3.63, 3.8) is 0 Å². The number of nitrogens with one attached hydrogen (secondary N) is 5. The lowest BCUT2D eigenvalue weighted by atomic mass is 10.1. The molecule has 13 nitrogen and oxygen atoms in total. The third kappa shape index (κ3) is 7.96. The summed E-state index contributed by atoms with van der Waals surface area (Å²) in [4.78, 5) is 62.0. The zero-order valence-corrected chi connectivity index (χ0v) is 26.5. The number of nitrogens with zero attached hydrogens (tertiary/aromatic N) is 4. The summed E-state index contributed by atoms with van der Waals surface area (Å²) in [5.74, 6) is -1.41. The Balaban J connectivity index is 1.41. The molecule has 4 amide bonds. The predicted molar refractivity (Wildman–Crippen MR) is 170 cm³/mol. The molecule has 0 bridgehead atoms. The van der Waals surface area contributed by atoms with E-state index in [9.17, 15) is 19.2 Å². The fraction of sp³-hybridized carbons (Fsp3) is 0.333. The number of hydrogen-bond donors (Lipinski definition) is 5. The van der Waals surface area contributed by atoms with Gasteiger partial charge in [-0.25, -0.2) is 4.98 Å². The molecule has 0 saturated heterocycles. The zero-order chi connectivity index (χ0) is 32.0. The van der Waals surface area contributed by atoms with Gasteiger partial charge in [-0.3, -0.25) is 29.5 Å². The second-order valence-electron chi connectivity index (χ2n) is 11.0. The summed E-state index contributed by atoms with van der Waals surface area (Å²) in [5, 5.41) is 11.6. The first-order chi connectivity index (χ1) is 20.9. The number of thiazole rings is 1. The second kappa shape index (κ2) is 14.1. The monoisotopic (exact) mass is 620 g/mol. The molecule has 4 aromatic heterocycles. The van der Waals surface area contributed by atoms with Crippen molar-refractivity contribution in [2.45, 2.75) is 26.2 Å². The van der Waals surface area contributed by atoms with E-state index in [2.05, 4.69) is 45.3 Å². The van der Waals surface area contributed by atoms with Gasteiger partial charge in [-0.05, 0) is 30.2 Å². The maximum absolute atomic E-state index is 13.2. The smallest absolute Gasteiger partial charge is 0.274 e. The van der Waals surface area contributed by atoms with Crippen molar-refractivity contribution >= 4 is 51.5 Å². The van der Waals surface area contributed by atoms with E-state index in [0.717, 1.165) is 17.8 Å². The van der Waals surface area contributed by atoms with E-state index in [4.69, 9.17) is 0 Å². The van der Waals surface area contributed by atoms with Crippen LogP contribution in [0.4, 0.5) is 16.5 Å². The minimum absolute atomic E-state index is 0.0451. The molecule has 0 saturated carbocycles. The normalized spacial score (nSPS) is 11.1. The van der Waals surface area contributed by atoms with Crippen molar-refractivity contribution in [1.29, 1.82) is 0 Å². The maximum atomic E-state index is 13.2. The van der Waals surface area contributed by atoms with Crippen molar-refractivity contribution in [1.82, 2.24) is 24.4 Å². The first kappa shape index (κ1) is 32.1. The Bertz CT molecular complexity index is 1650.